The van der Waals surface area contributed by atoms with E-state index < -0.39 is 0 Å². The van der Waals surface area contributed by atoms with Crippen LogP contribution in [0, 0.1) is 0 Å². The lowest BCUT2D eigenvalue weighted by molar-refractivity contribution is -0.115. The van der Waals surface area contributed by atoms with Crippen molar-refractivity contribution in [2.75, 3.05) is 24.0 Å². The van der Waals surface area contributed by atoms with E-state index in [0.717, 1.165) is 23.0 Å². The number of benzene rings is 2. The number of para-hydroxylation sites is 1. The molecule has 0 spiro atoms. The molecule has 0 saturated carbocycles. The molecule has 130 valence electrons. The molecule has 4 rings (SSSR count). The van der Waals surface area contributed by atoms with Crippen LogP contribution >= 0.6 is 24.0 Å². The number of thioether (sulfide) groups is 1. The SMILES string of the molecule is COc1ccc(N2C(=O)/C(=C3\C(=O)N(C)c4ccccc43)SC2=S)cc1. The quantitative estimate of drug-likeness (QED) is 0.588. The maximum Gasteiger partial charge on any atom is 0.271 e. The second-order valence-electron chi connectivity index (χ2n) is 5.79. The third-order valence-corrected chi connectivity index (χ3v) is 5.75. The number of anilines is 2. The van der Waals surface area contributed by atoms with Gasteiger partial charge in [0.05, 0.1) is 29.0 Å². The molecule has 26 heavy (non-hydrogen) atoms. The first-order valence-electron chi connectivity index (χ1n) is 7.85. The molecule has 2 aliphatic rings. The Morgan fingerprint density at radius 1 is 1.00 bits per heavy atom. The molecule has 2 amide bonds. The summed E-state index contributed by atoms with van der Waals surface area (Å²) >= 11 is 6.58. The Morgan fingerprint density at radius 3 is 2.38 bits per heavy atom. The average Bonchev–Trinajstić information content (AvgIpc) is 3.09. The Kier molecular flexibility index (Phi) is 4.05. The maximum atomic E-state index is 13.1. The Hall–Kier alpha value is -2.64. The third-order valence-electron chi connectivity index (χ3n) is 4.38. The minimum Gasteiger partial charge on any atom is -0.497 e. The summed E-state index contributed by atoms with van der Waals surface area (Å²) in [6.07, 6.45) is 0. The highest BCUT2D eigenvalue weighted by Crippen LogP contribution is 2.45. The summed E-state index contributed by atoms with van der Waals surface area (Å²) in [6.45, 7) is 0. The molecular formula is C19H14N2O3S2. The van der Waals surface area contributed by atoms with Gasteiger partial charge >= 0.3 is 0 Å². The maximum absolute atomic E-state index is 13.1. The molecule has 1 saturated heterocycles. The molecule has 2 aromatic carbocycles. The number of rotatable bonds is 2. The van der Waals surface area contributed by atoms with Crippen LogP contribution in [0.15, 0.2) is 53.4 Å². The summed E-state index contributed by atoms with van der Waals surface area (Å²) < 4.78 is 5.56. The van der Waals surface area contributed by atoms with E-state index >= 15 is 0 Å². The van der Waals surface area contributed by atoms with Gasteiger partial charge in [0.15, 0.2) is 4.32 Å². The largest absolute Gasteiger partial charge is 0.497 e. The van der Waals surface area contributed by atoms with Crippen LogP contribution in [-0.4, -0.2) is 30.3 Å². The topological polar surface area (TPSA) is 49.9 Å². The Bertz CT molecular complexity index is 983. The summed E-state index contributed by atoms with van der Waals surface area (Å²) in [5.74, 6) is 0.221. The molecular weight excluding hydrogens is 368 g/mol. The highest BCUT2D eigenvalue weighted by Gasteiger charge is 2.41. The number of carbonyl (C=O) groups excluding carboxylic acids is 2. The van der Waals surface area contributed by atoms with Crippen molar-refractivity contribution in [1.29, 1.82) is 0 Å². The Labute approximate surface area is 160 Å². The van der Waals surface area contributed by atoms with Crippen LogP contribution in [-0.2, 0) is 9.59 Å². The monoisotopic (exact) mass is 382 g/mol. The van der Waals surface area contributed by atoms with Gasteiger partial charge in [-0.25, -0.2) is 0 Å². The molecule has 0 aromatic heterocycles. The van der Waals surface area contributed by atoms with Crippen molar-refractivity contribution in [3.63, 3.8) is 0 Å². The number of carbonyl (C=O) groups is 2. The minimum absolute atomic E-state index is 0.193. The van der Waals surface area contributed by atoms with Gasteiger partial charge in [0.25, 0.3) is 11.8 Å². The van der Waals surface area contributed by atoms with E-state index in [9.17, 15) is 9.59 Å². The van der Waals surface area contributed by atoms with Gasteiger partial charge in [-0.2, -0.15) is 0 Å². The lowest BCUT2D eigenvalue weighted by Crippen LogP contribution is -2.28. The zero-order chi connectivity index (χ0) is 18.4. The second kappa shape index (κ2) is 6.26. The first kappa shape index (κ1) is 16.8. The van der Waals surface area contributed by atoms with Gasteiger partial charge in [0, 0.05) is 12.6 Å². The molecule has 1 fully saturated rings. The average molecular weight is 382 g/mol. The van der Waals surface area contributed by atoms with Gasteiger partial charge in [-0.1, -0.05) is 42.2 Å². The van der Waals surface area contributed by atoms with Crippen molar-refractivity contribution >= 4 is 57.1 Å². The molecule has 0 aliphatic carbocycles. The summed E-state index contributed by atoms with van der Waals surface area (Å²) in [6, 6.07) is 14.5. The molecule has 0 radical (unpaired) electrons. The third kappa shape index (κ3) is 2.43. The van der Waals surface area contributed by atoms with Crippen molar-refractivity contribution < 1.29 is 14.3 Å². The number of likely N-dealkylation sites (N-methyl/N-ethyl adjacent to an activating group) is 1. The lowest BCUT2D eigenvalue weighted by Gasteiger charge is -2.15. The lowest BCUT2D eigenvalue weighted by atomic mass is 10.1. The van der Waals surface area contributed by atoms with E-state index in [0.29, 0.717) is 26.2 Å². The number of fused-ring (bicyclic) bond motifs is 1. The number of amides is 2. The molecule has 2 heterocycles. The molecule has 5 nitrogen and oxygen atoms in total. The van der Waals surface area contributed by atoms with E-state index in [1.807, 2.05) is 24.3 Å². The molecule has 7 heteroatoms. The van der Waals surface area contributed by atoms with Gasteiger partial charge in [-0.05, 0) is 30.3 Å². The van der Waals surface area contributed by atoms with E-state index in [1.165, 1.54) is 4.90 Å². The van der Waals surface area contributed by atoms with Gasteiger partial charge < -0.3 is 9.64 Å². The molecule has 2 aliphatic heterocycles. The molecule has 0 unspecified atom stereocenters. The fourth-order valence-corrected chi connectivity index (χ4v) is 4.43. The van der Waals surface area contributed by atoms with Gasteiger partial charge in [-0.15, -0.1) is 0 Å². The fraction of sp³-hybridized carbons (Fsp3) is 0.105. The van der Waals surface area contributed by atoms with E-state index in [4.69, 9.17) is 17.0 Å². The van der Waals surface area contributed by atoms with E-state index in [2.05, 4.69) is 0 Å². The normalized spacial score (nSPS) is 19.4. The number of thiocarbonyl (C=S) groups is 1. The summed E-state index contributed by atoms with van der Waals surface area (Å²) in [7, 11) is 3.29. The predicted octanol–water partition coefficient (Wildman–Crippen LogP) is 3.45. The molecule has 0 bridgehead atoms. The second-order valence-corrected chi connectivity index (χ2v) is 7.44. The van der Waals surface area contributed by atoms with Crippen molar-refractivity contribution in [3.05, 3.63) is 59.0 Å². The Balaban J connectivity index is 1.80. The number of nitrogens with zero attached hydrogens (tertiary/aromatic N) is 2. The van der Waals surface area contributed by atoms with Crippen LogP contribution in [0.1, 0.15) is 5.56 Å². The summed E-state index contributed by atoms with van der Waals surface area (Å²) in [4.78, 5) is 29.2. The van der Waals surface area contributed by atoms with Crippen LogP contribution in [0.25, 0.3) is 5.57 Å². The van der Waals surface area contributed by atoms with Crippen molar-refractivity contribution in [1.82, 2.24) is 0 Å². The van der Waals surface area contributed by atoms with Gasteiger partial charge in [0.1, 0.15) is 5.75 Å². The number of ether oxygens (including phenoxy) is 1. The minimum atomic E-state index is -0.279. The van der Waals surface area contributed by atoms with Crippen molar-refractivity contribution in [2.24, 2.45) is 0 Å². The number of hydrogen-bond acceptors (Lipinski definition) is 5. The molecule has 0 N–H and O–H groups in total. The van der Waals surface area contributed by atoms with E-state index in [-0.39, 0.29) is 11.8 Å². The van der Waals surface area contributed by atoms with Gasteiger partial charge in [-0.3, -0.25) is 14.5 Å². The fourth-order valence-electron chi connectivity index (χ4n) is 3.06. The van der Waals surface area contributed by atoms with Crippen LogP contribution in [0.3, 0.4) is 0 Å². The first-order chi connectivity index (χ1) is 12.5. The number of methoxy groups -OCH3 is 1. The highest BCUT2D eigenvalue weighted by atomic mass is 32.2. The first-order valence-corrected chi connectivity index (χ1v) is 9.07. The molecule has 2 aromatic rings. The smallest absolute Gasteiger partial charge is 0.271 e. The van der Waals surface area contributed by atoms with Crippen molar-refractivity contribution in [3.8, 4) is 5.75 Å². The molecule has 0 atom stereocenters. The van der Waals surface area contributed by atoms with Crippen molar-refractivity contribution in [2.45, 2.75) is 0 Å². The van der Waals surface area contributed by atoms with E-state index in [1.54, 1.807) is 43.3 Å². The summed E-state index contributed by atoms with van der Waals surface area (Å²) in [5, 5.41) is 0. The number of hydrogen-bond donors (Lipinski definition) is 0. The van der Waals surface area contributed by atoms with Crippen LogP contribution < -0.4 is 14.5 Å². The summed E-state index contributed by atoms with van der Waals surface area (Å²) in [5.41, 5.74) is 2.62. The zero-order valence-corrected chi connectivity index (χ0v) is 15.7. The van der Waals surface area contributed by atoms with Crippen LogP contribution in [0.2, 0.25) is 0 Å². The van der Waals surface area contributed by atoms with Crippen LogP contribution in [0.4, 0.5) is 11.4 Å². The highest BCUT2D eigenvalue weighted by molar-refractivity contribution is 8.27. The zero-order valence-electron chi connectivity index (χ0n) is 14.1. The standard InChI is InChI=1S/C19H14N2O3S2/c1-20-14-6-4-3-5-13(14)15(17(20)22)16-18(23)21(19(25)26-16)11-7-9-12(24-2)10-8-11/h3-10H,1-2H3/b16-15+. The van der Waals surface area contributed by atoms with Gasteiger partial charge in [0.2, 0.25) is 0 Å². The van der Waals surface area contributed by atoms with Crippen LogP contribution in [0.5, 0.6) is 5.75 Å². The predicted molar refractivity (Wildman–Crippen MR) is 107 cm³/mol. The Morgan fingerprint density at radius 2 is 1.69 bits per heavy atom.